The Labute approximate surface area is 106 Å². The minimum atomic E-state index is 0.137. The van der Waals surface area contributed by atoms with Crippen LogP contribution in [0.15, 0.2) is 24.5 Å². The van der Waals surface area contributed by atoms with Gasteiger partial charge in [-0.05, 0) is 37.0 Å². The lowest BCUT2D eigenvalue weighted by atomic mass is 9.99. The van der Waals surface area contributed by atoms with Crippen LogP contribution in [0, 0.1) is 5.92 Å². The summed E-state index contributed by atoms with van der Waals surface area (Å²) in [5.74, 6) is 0.747. The minimum absolute atomic E-state index is 0.137. The fourth-order valence-corrected chi connectivity index (χ4v) is 2.63. The van der Waals surface area contributed by atoms with Crippen molar-refractivity contribution in [2.45, 2.75) is 19.8 Å². The van der Waals surface area contributed by atoms with Gasteiger partial charge in [-0.2, -0.15) is 0 Å². The van der Waals surface area contributed by atoms with Gasteiger partial charge in [0.05, 0.1) is 17.4 Å². The summed E-state index contributed by atoms with van der Waals surface area (Å²) in [7, 11) is 0. The molecule has 94 valence electrons. The highest BCUT2D eigenvalue weighted by atomic mass is 16.2. The maximum atomic E-state index is 12.4. The van der Waals surface area contributed by atoms with E-state index in [0.717, 1.165) is 36.1 Å². The molecule has 1 aromatic heterocycles. The number of H-pyrrole nitrogens is 1. The van der Waals surface area contributed by atoms with E-state index < -0.39 is 0 Å². The molecule has 1 amide bonds. The van der Waals surface area contributed by atoms with Crippen molar-refractivity contribution in [1.82, 2.24) is 14.9 Å². The first-order valence-electron chi connectivity index (χ1n) is 6.46. The largest absolute Gasteiger partial charge is 0.345 e. The third kappa shape index (κ3) is 1.98. The SMILES string of the molecule is C[C@@H]1CCCN(C(=O)c2ccc3nc[nH]c3c2)C1. The van der Waals surface area contributed by atoms with Gasteiger partial charge in [-0.25, -0.2) is 4.98 Å². The molecule has 1 fully saturated rings. The van der Waals surface area contributed by atoms with Gasteiger partial charge < -0.3 is 9.88 Å². The molecule has 2 aromatic rings. The molecule has 1 aliphatic rings. The Bertz CT molecular complexity index is 575. The predicted octanol–water partition coefficient (Wildman–Crippen LogP) is 2.44. The highest BCUT2D eigenvalue weighted by Gasteiger charge is 2.22. The Hall–Kier alpha value is -1.84. The summed E-state index contributed by atoms with van der Waals surface area (Å²) < 4.78 is 0. The van der Waals surface area contributed by atoms with E-state index in [1.54, 1.807) is 6.33 Å². The summed E-state index contributed by atoms with van der Waals surface area (Å²) in [4.78, 5) is 21.6. The van der Waals surface area contributed by atoms with Crippen molar-refractivity contribution in [3.63, 3.8) is 0 Å². The van der Waals surface area contributed by atoms with Crippen LogP contribution in [0.4, 0.5) is 0 Å². The van der Waals surface area contributed by atoms with Gasteiger partial charge in [0.2, 0.25) is 0 Å². The molecular weight excluding hydrogens is 226 g/mol. The second-order valence-electron chi connectivity index (χ2n) is 5.13. The molecule has 18 heavy (non-hydrogen) atoms. The number of likely N-dealkylation sites (tertiary alicyclic amines) is 1. The smallest absolute Gasteiger partial charge is 0.253 e. The summed E-state index contributed by atoms with van der Waals surface area (Å²) >= 11 is 0. The molecule has 0 unspecified atom stereocenters. The van der Waals surface area contributed by atoms with Gasteiger partial charge >= 0.3 is 0 Å². The zero-order valence-electron chi connectivity index (χ0n) is 10.5. The van der Waals surface area contributed by atoms with E-state index in [9.17, 15) is 4.79 Å². The quantitative estimate of drug-likeness (QED) is 0.836. The average Bonchev–Trinajstić information content (AvgIpc) is 2.85. The van der Waals surface area contributed by atoms with Crippen LogP contribution < -0.4 is 0 Å². The molecule has 0 aliphatic carbocycles. The summed E-state index contributed by atoms with van der Waals surface area (Å²) in [6.45, 7) is 3.96. The summed E-state index contributed by atoms with van der Waals surface area (Å²) in [6.07, 6.45) is 3.99. The van der Waals surface area contributed by atoms with Crippen LogP contribution in [0.3, 0.4) is 0 Å². The van der Waals surface area contributed by atoms with E-state index in [1.807, 2.05) is 23.1 Å². The number of piperidine rings is 1. The first kappa shape index (κ1) is 11.3. The molecule has 1 atom stereocenters. The maximum absolute atomic E-state index is 12.4. The molecule has 0 bridgehead atoms. The lowest BCUT2D eigenvalue weighted by Gasteiger charge is -2.31. The van der Waals surface area contributed by atoms with Gasteiger partial charge in [0, 0.05) is 18.7 Å². The highest BCUT2D eigenvalue weighted by molar-refractivity contribution is 5.97. The van der Waals surface area contributed by atoms with Crippen molar-refractivity contribution in [3.05, 3.63) is 30.1 Å². The monoisotopic (exact) mass is 243 g/mol. The van der Waals surface area contributed by atoms with E-state index in [1.165, 1.54) is 6.42 Å². The van der Waals surface area contributed by atoms with Crippen LogP contribution >= 0.6 is 0 Å². The zero-order chi connectivity index (χ0) is 12.5. The number of hydrogen-bond donors (Lipinski definition) is 1. The highest BCUT2D eigenvalue weighted by Crippen LogP contribution is 2.19. The number of aromatic nitrogens is 2. The van der Waals surface area contributed by atoms with Crippen LogP contribution in [0.1, 0.15) is 30.1 Å². The number of rotatable bonds is 1. The maximum Gasteiger partial charge on any atom is 0.253 e. The molecule has 2 heterocycles. The number of aromatic amines is 1. The molecule has 1 N–H and O–H groups in total. The number of fused-ring (bicyclic) bond motifs is 1. The first-order chi connectivity index (χ1) is 8.74. The Morgan fingerprint density at radius 1 is 1.50 bits per heavy atom. The van der Waals surface area contributed by atoms with Gasteiger partial charge in [0.15, 0.2) is 0 Å². The molecule has 4 heteroatoms. The Morgan fingerprint density at radius 2 is 2.39 bits per heavy atom. The first-order valence-corrected chi connectivity index (χ1v) is 6.46. The van der Waals surface area contributed by atoms with Crippen molar-refractivity contribution in [2.24, 2.45) is 5.92 Å². The van der Waals surface area contributed by atoms with E-state index >= 15 is 0 Å². The number of imidazole rings is 1. The van der Waals surface area contributed by atoms with Crippen molar-refractivity contribution < 1.29 is 4.79 Å². The lowest BCUT2D eigenvalue weighted by Crippen LogP contribution is -2.39. The molecule has 0 spiro atoms. The van der Waals surface area contributed by atoms with E-state index in [-0.39, 0.29) is 5.91 Å². The van der Waals surface area contributed by atoms with Crippen molar-refractivity contribution >= 4 is 16.9 Å². The van der Waals surface area contributed by atoms with Crippen LogP contribution in [-0.4, -0.2) is 33.9 Å². The third-order valence-electron chi connectivity index (χ3n) is 3.61. The Morgan fingerprint density at radius 3 is 3.22 bits per heavy atom. The Balaban J connectivity index is 1.86. The normalized spacial score (nSPS) is 20.3. The summed E-state index contributed by atoms with van der Waals surface area (Å²) in [5.41, 5.74) is 2.57. The van der Waals surface area contributed by atoms with Crippen molar-refractivity contribution in [1.29, 1.82) is 0 Å². The fourth-order valence-electron chi connectivity index (χ4n) is 2.63. The molecule has 1 saturated heterocycles. The lowest BCUT2D eigenvalue weighted by molar-refractivity contribution is 0.0683. The zero-order valence-corrected chi connectivity index (χ0v) is 10.5. The summed E-state index contributed by atoms with van der Waals surface area (Å²) in [5, 5.41) is 0. The fraction of sp³-hybridized carbons (Fsp3) is 0.429. The minimum Gasteiger partial charge on any atom is -0.345 e. The molecule has 1 aromatic carbocycles. The molecule has 3 rings (SSSR count). The van der Waals surface area contributed by atoms with Gasteiger partial charge in [-0.15, -0.1) is 0 Å². The second kappa shape index (κ2) is 4.44. The van der Waals surface area contributed by atoms with E-state index in [4.69, 9.17) is 0 Å². The van der Waals surface area contributed by atoms with Crippen LogP contribution in [0.2, 0.25) is 0 Å². The topological polar surface area (TPSA) is 49.0 Å². The molecule has 1 aliphatic heterocycles. The average molecular weight is 243 g/mol. The van der Waals surface area contributed by atoms with E-state index in [2.05, 4.69) is 16.9 Å². The third-order valence-corrected chi connectivity index (χ3v) is 3.61. The number of benzene rings is 1. The van der Waals surface area contributed by atoms with Gasteiger partial charge in [0.1, 0.15) is 0 Å². The molecule has 4 nitrogen and oxygen atoms in total. The molecule has 0 radical (unpaired) electrons. The van der Waals surface area contributed by atoms with Crippen LogP contribution in [-0.2, 0) is 0 Å². The number of carbonyl (C=O) groups excluding carboxylic acids is 1. The number of amides is 1. The molecule has 0 saturated carbocycles. The van der Waals surface area contributed by atoms with E-state index in [0.29, 0.717) is 5.92 Å². The van der Waals surface area contributed by atoms with Crippen LogP contribution in [0.5, 0.6) is 0 Å². The number of hydrogen-bond acceptors (Lipinski definition) is 2. The number of nitrogens with one attached hydrogen (secondary N) is 1. The van der Waals surface area contributed by atoms with Crippen LogP contribution in [0.25, 0.3) is 11.0 Å². The van der Waals surface area contributed by atoms with Gasteiger partial charge in [0.25, 0.3) is 5.91 Å². The number of nitrogens with zero attached hydrogens (tertiary/aromatic N) is 2. The predicted molar refractivity (Wildman–Crippen MR) is 70.4 cm³/mol. The van der Waals surface area contributed by atoms with Gasteiger partial charge in [-0.1, -0.05) is 6.92 Å². The molecular formula is C14H17N3O. The standard InChI is InChI=1S/C14H17N3O/c1-10-3-2-6-17(8-10)14(18)11-4-5-12-13(7-11)16-9-15-12/h4-5,7,9-10H,2-3,6,8H2,1H3,(H,15,16)/t10-/m1/s1. The van der Waals surface area contributed by atoms with Crippen molar-refractivity contribution in [3.8, 4) is 0 Å². The second-order valence-corrected chi connectivity index (χ2v) is 5.13. The summed E-state index contributed by atoms with van der Waals surface area (Å²) in [6, 6.07) is 5.65. The van der Waals surface area contributed by atoms with Crippen molar-refractivity contribution in [2.75, 3.05) is 13.1 Å². The van der Waals surface area contributed by atoms with Gasteiger partial charge in [-0.3, -0.25) is 4.79 Å². The Kier molecular flexibility index (Phi) is 2.78. The number of carbonyl (C=O) groups is 1.